The van der Waals surface area contributed by atoms with E-state index in [4.69, 9.17) is 5.73 Å². The van der Waals surface area contributed by atoms with Gasteiger partial charge in [0, 0.05) is 0 Å². The normalized spacial score (nSPS) is 15.5. The molecule has 7 heteroatoms. The van der Waals surface area contributed by atoms with Gasteiger partial charge in [-0.1, -0.05) is 0 Å². The summed E-state index contributed by atoms with van der Waals surface area (Å²) in [6, 6.07) is 0. The van der Waals surface area contributed by atoms with Crippen LogP contribution < -0.4 is 5.73 Å². The smallest absolute Gasteiger partial charge is 0.223 e. The van der Waals surface area contributed by atoms with Crippen LogP contribution in [0.3, 0.4) is 0 Å². The molecule has 0 saturated carbocycles. The maximum atomic E-state index is 10.5. The summed E-state index contributed by atoms with van der Waals surface area (Å²) in [5.74, 6) is 0. The molecule has 13 heavy (non-hydrogen) atoms. The quantitative estimate of drug-likeness (QED) is 0.500. The van der Waals surface area contributed by atoms with Crippen molar-refractivity contribution >= 4 is 30.3 Å². The number of hydrogen-bond donors (Lipinski definition) is 1. The highest BCUT2D eigenvalue weighted by molar-refractivity contribution is 7.74. The Bertz CT molecular complexity index is 544. The molecular weight excluding hydrogens is 214 g/mol. The van der Waals surface area contributed by atoms with Crippen LogP contribution in [-0.4, -0.2) is 26.6 Å². The highest BCUT2D eigenvalue weighted by atomic mass is 32.2. The summed E-state index contributed by atoms with van der Waals surface area (Å²) < 4.78 is 41.8. The van der Waals surface area contributed by atoms with Gasteiger partial charge in [-0.15, -0.1) is 0 Å². The summed E-state index contributed by atoms with van der Waals surface area (Å²) in [6.45, 7) is 0. The zero-order chi connectivity index (χ0) is 10.0. The van der Waals surface area contributed by atoms with Crippen LogP contribution in [0.4, 0.5) is 0 Å². The third kappa shape index (κ3) is 2.07. The molecule has 0 atom stereocenters. The summed E-state index contributed by atoms with van der Waals surface area (Å²) >= 11 is 0. The lowest BCUT2D eigenvalue weighted by Gasteiger charge is -2.01. The van der Waals surface area contributed by atoms with Crippen LogP contribution >= 0.6 is 0 Å². The minimum atomic E-state index is -2.44. The Hall–Kier alpha value is -1.34. The molecule has 0 aliphatic heterocycles. The van der Waals surface area contributed by atoms with Gasteiger partial charge < -0.3 is 5.73 Å². The average Bonchev–Trinajstić information content (AvgIpc) is 2.03. The van der Waals surface area contributed by atoms with Gasteiger partial charge in [-0.2, -0.15) is 16.8 Å². The van der Waals surface area contributed by atoms with Crippen LogP contribution in [0.2, 0.25) is 0 Å². The van der Waals surface area contributed by atoms with Crippen molar-refractivity contribution in [1.29, 1.82) is 0 Å². The predicted octanol–water partition coefficient (Wildman–Crippen LogP) is -1.50. The fourth-order valence-electron chi connectivity index (χ4n) is 0.782. The SMILES string of the molecule is NC1=CC(=S(=O)=O)C=CC1=S(=O)=O. The van der Waals surface area contributed by atoms with Gasteiger partial charge in [0.05, 0.1) is 10.6 Å². The fraction of sp³-hybridized carbons (Fsp3) is 0. The second-order valence-corrected chi connectivity index (χ2v) is 4.02. The third-order valence-corrected chi connectivity index (χ3v) is 2.72. The lowest BCUT2D eigenvalue weighted by molar-refractivity contribution is 0.625. The molecule has 1 aliphatic rings. The fourth-order valence-corrected chi connectivity index (χ4v) is 1.61. The molecule has 0 spiro atoms. The highest BCUT2D eigenvalue weighted by Gasteiger charge is 2.08. The first-order chi connectivity index (χ1) is 6.02. The first kappa shape index (κ1) is 9.75. The Balaban J connectivity index is 3.47. The van der Waals surface area contributed by atoms with Crippen molar-refractivity contribution in [2.24, 2.45) is 5.73 Å². The monoisotopic (exact) mass is 219 g/mol. The molecule has 0 aromatic heterocycles. The van der Waals surface area contributed by atoms with E-state index in [1.165, 1.54) is 6.08 Å². The summed E-state index contributed by atoms with van der Waals surface area (Å²) in [5.41, 5.74) is 5.22. The van der Waals surface area contributed by atoms with Crippen LogP contribution in [0, 0.1) is 0 Å². The molecular formula is C6H5NO4S2. The number of hydrogen-bond acceptors (Lipinski definition) is 5. The summed E-state index contributed by atoms with van der Waals surface area (Å²) in [4.78, 5) is -0.138. The molecule has 2 N–H and O–H groups in total. The van der Waals surface area contributed by atoms with Crippen molar-refractivity contribution in [3.63, 3.8) is 0 Å². The Morgan fingerprint density at radius 3 is 2.00 bits per heavy atom. The Morgan fingerprint density at radius 2 is 1.62 bits per heavy atom. The van der Waals surface area contributed by atoms with Crippen LogP contribution in [-0.2, 0) is 20.6 Å². The van der Waals surface area contributed by atoms with Crippen molar-refractivity contribution in [1.82, 2.24) is 0 Å². The van der Waals surface area contributed by atoms with Gasteiger partial charge >= 0.3 is 0 Å². The van der Waals surface area contributed by atoms with Gasteiger partial charge in [0.25, 0.3) is 0 Å². The second kappa shape index (κ2) is 3.58. The standard InChI is InChI=1S/C6H5NO4S2/c7-5-3-4(12(8)9)1-2-6(5)13(10)11/h1-3H,7H2. The largest absolute Gasteiger partial charge is 0.397 e. The van der Waals surface area contributed by atoms with Gasteiger partial charge in [0.1, 0.15) is 4.86 Å². The third-order valence-electron chi connectivity index (χ3n) is 1.35. The van der Waals surface area contributed by atoms with Gasteiger partial charge in [0.2, 0.25) is 20.6 Å². The number of allylic oxidation sites excluding steroid dienone is 3. The van der Waals surface area contributed by atoms with Gasteiger partial charge in [0.15, 0.2) is 0 Å². The van der Waals surface area contributed by atoms with E-state index in [-0.39, 0.29) is 15.4 Å². The first-order valence-corrected chi connectivity index (χ1v) is 5.25. The van der Waals surface area contributed by atoms with Crippen molar-refractivity contribution in [3.8, 4) is 0 Å². The Morgan fingerprint density at radius 1 is 1.00 bits per heavy atom. The molecule has 1 aliphatic carbocycles. The van der Waals surface area contributed by atoms with E-state index < -0.39 is 20.6 Å². The number of nitrogens with two attached hydrogens (primary N) is 1. The van der Waals surface area contributed by atoms with E-state index >= 15 is 0 Å². The van der Waals surface area contributed by atoms with E-state index in [0.717, 1.165) is 12.2 Å². The van der Waals surface area contributed by atoms with Gasteiger partial charge in [-0.3, -0.25) is 0 Å². The van der Waals surface area contributed by atoms with E-state index in [9.17, 15) is 16.8 Å². The van der Waals surface area contributed by atoms with Crippen molar-refractivity contribution in [2.75, 3.05) is 0 Å². The maximum Gasteiger partial charge on any atom is 0.223 e. The maximum absolute atomic E-state index is 10.5. The van der Waals surface area contributed by atoms with E-state index in [1.54, 1.807) is 0 Å². The molecule has 0 radical (unpaired) electrons. The van der Waals surface area contributed by atoms with Crippen LogP contribution in [0.1, 0.15) is 0 Å². The molecule has 0 aromatic carbocycles. The van der Waals surface area contributed by atoms with Crippen molar-refractivity contribution in [2.45, 2.75) is 0 Å². The molecule has 0 bridgehead atoms. The summed E-state index contributed by atoms with van der Waals surface area (Å²) in [7, 11) is -4.83. The topological polar surface area (TPSA) is 94.3 Å². The minimum absolute atomic E-state index is 0.0355. The van der Waals surface area contributed by atoms with E-state index in [2.05, 4.69) is 0 Å². The molecule has 5 nitrogen and oxygen atoms in total. The van der Waals surface area contributed by atoms with Crippen LogP contribution in [0.25, 0.3) is 0 Å². The Kier molecular flexibility index (Phi) is 2.69. The minimum Gasteiger partial charge on any atom is -0.397 e. The van der Waals surface area contributed by atoms with Gasteiger partial charge in [-0.05, 0) is 18.2 Å². The summed E-state index contributed by atoms with van der Waals surface area (Å²) in [5, 5.41) is 0. The lowest BCUT2D eigenvalue weighted by Crippen LogP contribution is -2.16. The summed E-state index contributed by atoms with van der Waals surface area (Å²) in [6.07, 6.45) is 3.41. The van der Waals surface area contributed by atoms with Crippen LogP contribution in [0.15, 0.2) is 23.9 Å². The van der Waals surface area contributed by atoms with Crippen molar-refractivity contribution in [3.05, 3.63) is 23.9 Å². The lowest BCUT2D eigenvalue weighted by atomic mass is 10.1. The molecule has 0 amide bonds. The zero-order valence-corrected chi connectivity index (χ0v) is 7.89. The molecule has 70 valence electrons. The average molecular weight is 219 g/mol. The first-order valence-electron chi connectivity index (χ1n) is 3.10. The Labute approximate surface area is 77.2 Å². The second-order valence-electron chi connectivity index (χ2n) is 2.17. The molecule has 0 fully saturated rings. The molecule has 0 unspecified atom stereocenters. The van der Waals surface area contributed by atoms with Crippen molar-refractivity contribution < 1.29 is 16.8 Å². The number of rotatable bonds is 0. The van der Waals surface area contributed by atoms with Crippen LogP contribution in [0.5, 0.6) is 0 Å². The van der Waals surface area contributed by atoms with E-state index in [0.29, 0.717) is 0 Å². The molecule has 1 rings (SSSR count). The van der Waals surface area contributed by atoms with Gasteiger partial charge in [-0.25, -0.2) is 0 Å². The molecule has 0 heterocycles. The zero-order valence-electron chi connectivity index (χ0n) is 6.26. The van der Waals surface area contributed by atoms with E-state index in [1.807, 2.05) is 0 Å². The highest BCUT2D eigenvalue weighted by Crippen LogP contribution is 1.99. The predicted molar refractivity (Wildman–Crippen MR) is 49.3 cm³/mol. The molecule has 0 saturated heterocycles. The molecule has 0 aromatic rings.